The molecule has 0 unspecified atom stereocenters. The van der Waals surface area contributed by atoms with E-state index in [0.717, 1.165) is 0 Å². The van der Waals surface area contributed by atoms with Gasteiger partial charge in [0.1, 0.15) is 0 Å². The van der Waals surface area contributed by atoms with Gasteiger partial charge >= 0.3 is 69.8 Å². The van der Waals surface area contributed by atoms with Crippen molar-refractivity contribution in [3.05, 3.63) is 0 Å². The molecule has 49 valence electrons. The van der Waals surface area contributed by atoms with Gasteiger partial charge in [-0.3, -0.25) is 0 Å². The van der Waals surface area contributed by atoms with Crippen LogP contribution in [-0.4, -0.2) is 0 Å². The molecule has 0 fully saturated rings. The van der Waals surface area contributed by atoms with E-state index in [4.69, 9.17) is 0 Å². The number of hydrogen-bond acceptors (Lipinski definition) is 0. The van der Waals surface area contributed by atoms with Crippen molar-refractivity contribution in [2.24, 2.45) is 0 Å². The van der Waals surface area contributed by atoms with Crippen molar-refractivity contribution < 1.29 is 91.7 Å². The normalized spacial score (nSPS) is 0. The van der Waals surface area contributed by atoms with E-state index in [9.17, 15) is 0 Å². The Morgan fingerprint density at radius 2 is 0.625 bits per heavy atom. The molecule has 0 aliphatic carbocycles. The standard InChI is InChI=1S/Co.Fe.Li.Mn.4O/q+2;+3;+1;+2;4*-2. The topological polar surface area (TPSA) is 114 Å². The molecule has 0 aromatic heterocycles. The van der Waals surface area contributed by atoms with Crippen LogP contribution < -0.4 is 18.9 Å². The van der Waals surface area contributed by atoms with E-state index in [0.29, 0.717) is 0 Å². The van der Waals surface area contributed by atoms with Crippen molar-refractivity contribution in [2.75, 3.05) is 0 Å². The Morgan fingerprint density at radius 1 is 0.625 bits per heavy atom. The SMILES string of the molecule is [Co+2].[Fe+3].[Li+].[Mn+2].[O-2].[O-2].[O-2].[O-2]. The van der Waals surface area contributed by atoms with Gasteiger partial charge in [0.2, 0.25) is 0 Å². The predicted molar refractivity (Wildman–Crippen MR) is 2.75 cm³/mol. The van der Waals surface area contributed by atoms with Gasteiger partial charge in [0.25, 0.3) is 0 Å². The van der Waals surface area contributed by atoms with E-state index in [-0.39, 0.29) is 91.7 Å². The third-order valence-electron chi connectivity index (χ3n) is 0. The summed E-state index contributed by atoms with van der Waals surface area (Å²) in [6.07, 6.45) is 0. The third kappa shape index (κ3) is 99.0. The summed E-state index contributed by atoms with van der Waals surface area (Å²) in [6.45, 7) is 0. The summed E-state index contributed by atoms with van der Waals surface area (Å²) < 4.78 is 0. The van der Waals surface area contributed by atoms with E-state index in [2.05, 4.69) is 0 Å². The van der Waals surface area contributed by atoms with Crippen molar-refractivity contribution in [1.29, 1.82) is 0 Å². The van der Waals surface area contributed by atoms with Gasteiger partial charge in [-0.15, -0.1) is 0 Å². The zero-order valence-corrected chi connectivity index (χ0v) is 7.02. The first-order chi connectivity index (χ1) is 0. The van der Waals surface area contributed by atoms with Gasteiger partial charge in [0.05, 0.1) is 0 Å². The van der Waals surface area contributed by atoms with Crippen LogP contribution in [0.15, 0.2) is 0 Å². The molecule has 0 aliphatic heterocycles. The minimum Gasteiger partial charge on any atom is -2.00 e. The van der Waals surface area contributed by atoms with E-state index >= 15 is 0 Å². The maximum Gasteiger partial charge on any atom is 3.00 e. The summed E-state index contributed by atoms with van der Waals surface area (Å²) >= 11 is 0. The maximum absolute atomic E-state index is 0. The minimum absolute atomic E-state index is 0. The monoisotopic (exact) mass is 241 g/mol. The number of rotatable bonds is 0. The molecule has 0 rings (SSSR count). The van der Waals surface area contributed by atoms with Crippen molar-refractivity contribution >= 4 is 0 Å². The summed E-state index contributed by atoms with van der Waals surface area (Å²) in [5, 5.41) is 0. The Bertz CT molecular complexity index is 16.0. The molecular weight excluding hydrogens is 241 g/mol. The van der Waals surface area contributed by atoms with Gasteiger partial charge in [-0.1, -0.05) is 0 Å². The molecular formula is CoFeLiMnO4. The van der Waals surface area contributed by atoms with Crippen LogP contribution in [0.2, 0.25) is 0 Å². The van der Waals surface area contributed by atoms with Crippen LogP contribution in [0, 0.1) is 0 Å². The average Bonchev–Trinajstić information content (AvgIpc) is 0. The van der Waals surface area contributed by atoms with E-state index < -0.39 is 0 Å². The van der Waals surface area contributed by atoms with Crippen LogP contribution in [0.25, 0.3) is 0 Å². The molecule has 0 atom stereocenters. The van der Waals surface area contributed by atoms with Gasteiger partial charge < -0.3 is 21.9 Å². The molecule has 0 heterocycles. The molecule has 0 saturated heterocycles. The van der Waals surface area contributed by atoms with Gasteiger partial charge in [-0.05, 0) is 0 Å². The minimum atomic E-state index is 0. The second kappa shape index (κ2) is 146. The zero-order chi connectivity index (χ0) is 0. The molecule has 0 aromatic rings. The summed E-state index contributed by atoms with van der Waals surface area (Å²) in [7, 11) is 0. The molecule has 0 amide bonds. The smallest absolute Gasteiger partial charge is 2.00 e. The van der Waals surface area contributed by atoms with Gasteiger partial charge in [0.15, 0.2) is 0 Å². The fourth-order valence-corrected chi connectivity index (χ4v) is 0. The van der Waals surface area contributed by atoms with Gasteiger partial charge in [0, 0.05) is 0 Å². The Kier molecular flexibility index (Phi) is 3730. The molecule has 4 nitrogen and oxygen atoms in total. The quantitative estimate of drug-likeness (QED) is 0.392. The Labute approximate surface area is 91.1 Å². The fourth-order valence-electron chi connectivity index (χ4n) is 0. The van der Waals surface area contributed by atoms with Crippen LogP contribution in [0.3, 0.4) is 0 Å². The molecule has 0 spiro atoms. The maximum atomic E-state index is 0. The molecule has 0 N–H and O–H groups in total. The van der Waals surface area contributed by atoms with Crippen LogP contribution in [0.5, 0.6) is 0 Å². The Morgan fingerprint density at radius 3 is 0.625 bits per heavy atom. The van der Waals surface area contributed by atoms with Gasteiger partial charge in [-0.2, -0.15) is 0 Å². The molecule has 0 aromatic carbocycles. The van der Waals surface area contributed by atoms with Crippen LogP contribution in [0.4, 0.5) is 0 Å². The summed E-state index contributed by atoms with van der Waals surface area (Å²) in [5.41, 5.74) is 0. The molecule has 0 aliphatic rings. The van der Waals surface area contributed by atoms with Gasteiger partial charge in [-0.25, -0.2) is 0 Å². The van der Waals surface area contributed by atoms with Crippen LogP contribution in [0.1, 0.15) is 0 Å². The van der Waals surface area contributed by atoms with Crippen LogP contribution >= 0.6 is 0 Å². The molecule has 3 radical (unpaired) electrons. The first-order valence-electron chi connectivity index (χ1n) is 0. The summed E-state index contributed by atoms with van der Waals surface area (Å²) in [5.74, 6) is 0. The molecule has 8 heteroatoms. The largest absolute Gasteiger partial charge is 3.00 e. The van der Waals surface area contributed by atoms with Crippen molar-refractivity contribution in [3.63, 3.8) is 0 Å². The first kappa shape index (κ1) is 205. The molecule has 0 bridgehead atoms. The molecule has 0 saturated carbocycles. The average molecular weight is 241 g/mol. The zero-order valence-electron chi connectivity index (χ0n) is 3.70. The first-order valence-corrected chi connectivity index (χ1v) is 0. The molecule has 8 heavy (non-hydrogen) atoms. The Hall–Kier alpha value is 1.98. The van der Waals surface area contributed by atoms with E-state index in [1.807, 2.05) is 0 Å². The van der Waals surface area contributed by atoms with Crippen molar-refractivity contribution in [3.8, 4) is 0 Å². The predicted octanol–water partition coefficient (Wildman–Crippen LogP) is -3.48. The summed E-state index contributed by atoms with van der Waals surface area (Å²) in [6, 6.07) is 0. The summed E-state index contributed by atoms with van der Waals surface area (Å²) in [4.78, 5) is 0. The second-order valence-corrected chi connectivity index (χ2v) is 0. The van der Waals surface area contributed by atoms with E-state index in [1.54, 1.807) is 0 Å². The van der Waals surface area contributed by atoms with Crippen LogP contribution in [-0.2, 0) is 72.8 Å². The number of hydrogen-bond donors (Lipinski definition) is 0. The fraction of sp³-hybridized carbons (Fsp3) is 0. The Balaban J connectivity index is 0. The second-order valence-electron chi connectivity index (χ2n) is 0. The third-order valence-corrected chi connectivity index (χ3v) is 0. The van der Waals surface area contributed by atoms with Crippen molar-refractivity contribution in [1.82, 2.24) is 0 Å². The van der Waals surface area contributed by atoms with Crippen molar-refractivity contribution in [2.45, 2.75) is 0 Å². The van der Waals surface area contributed by atoms with E-state index in [1.165, 1.54) is 0 Å².